The van der Waals surface area contributed by atoms with E-state index in [0.717, 1.165) is 34.7 Å². The van der Waals surface area contributed by atoms with Crippen molar-refractivity contribution in [3.8, 4) is 17.1 Å². The molecule has 2 N–H and O–H groups in total. The Bertz CT molecular complexity index is 908. The first-order valence-corrected chi connectivity index (χ1v) is 7.91. The molecule has 1 aliphatic rings. The van der Waals surface area contributed by atoms with Crippen molar-refractivity contribution in [1.29, 1.82) is 0 Å². The number of fused-ring (bicyclic) bond motifs is 2. The van der Waals surface area contributed by atoms with Gasteiger partial charge in [0, 0.05) is 17.6 Å². The largest absolute Gasteiger partial charge is 0.496 e. The van der Waals surface area contributed by atoms with E-state index in [1.54, 1.807) is 7.11 Å². The molecular formula is C19H21N3O. The molecule has 2 heterocycles. The number of hydrogen-bond acceptors (Lipinski definition) is 3. The first-order chi connectivity index (χ1) is 11.0. The van der Waals surface area contributed by atoms with Gasteiger partial charge in [0.25, 0.3) is 0 Å². The number of methoxy groups -OCH3 is 1. The van der Waals surface area contributed by atoms with Crippen LogP contribution in [0.4, 0.5) is 5.69 Å². The predicted molar refractivity (Wildman–Crippen MR) is 94.3 cm³/mol. The van der Waals surface area contributed by atoms with E-state index in [1.165, 1.54) is 16.8 Å². The summed E-state index contributed by atoms with van der Waals surface area (Å²) in [5.74, 6) is 1.69. The number of aryl methyl sites for hydroxylation is 1. The maximum absolute atomic E-state index is 5.52. The third kappa shape index (κ3) is 2.17. The van der Waals surface area contributed by atoms with Crippen LogP contribution in [0.15, 0.2) is 30.3 Å². The number of aromatic amines is 1. The van der Waals surface area contributed by atoms with Crippen LogP contribution in [-0.4, -0.2) is 23.6 Å². The van der Waals surface area contributed by atoms with Crippen LogP contribution in [0.5, 0.6) is 5.75 Å². The van der Waals surface area contributed by atoms with Crippen molar-refractivity contribution < 1.29 is 4.74 Å². The molecule has 0 atom stereocenters. The number of imidazole rings is 1. The first kappa shape index (κ1) is 14.1. The summed E-state index contributed by atoms with van der Waals surface area (Å²) in [6.07, 6.45) is 0. The molecule has 1 aliphatic heterocycles. The standard InChI is InChI=1S/C19H21N3O/c1-11-5-6-12(17(7-11)23-4)18-21-15-8-13-14(9-16(15)22-18)20-10-19(13,2)3/h5-9,20H,10H2,1-4H3,(H,21,22). The van der Waals surface area contributed by atoms with Gasteiger partial charge in [0.1, 0.15) is 11.6 Å². The second-order valence-electron chi connectivity index (χ2n) is 6.94. The fraction of sp³-hybridized carbons (Fsp3) is 0.316. The summed E-state index contributed by atoms with van der Waals surface area (Å²) in [4.78, 5) is 8.23. The van der Waals surface area contributed by atoms with Crippen molar-refractivity contribution in [3.05, 3.63) is 41.5 Å². The smallest absolute Gasteiger partial charge is 0.142 e. The SMILES string of the molecule is COc1cc(C)ccc1-c1nc2cc3c(cc2[nH]1)NCC3(C)C. The van der Waals surface area contributed by atoms with Crippen molar-refractivity contribution in [2.24, 2.45) is 0 Å². The van der Waals surface area contributed by atoms with Gasteiger partial charge in [0.05, 0.1) is 23.7 Å². The van der Waals surface area contributed by atoms with Crippen LogP contribution < -0.4 is 10.1 Å². The van der Waals surface area contributed by atoms with E-state index in [9.17, 15) is 0 Å². The molecule has 0 aliphatic carbocycles. The lowest BCUT2D eigenvalue weighted by Gasteiger charge is -2.16. The number of benzene rings is 2. The topological polar surface area (TPSA) is 49.9 Å². The van der Waals surface area contributed by atoms with Crippen LogP contribution in [-0.2, 0) is 5.41 Å². The summed E-state index contributed by atoms with van der Waals surface area (Å²) < 4.78 is 5.52. The monoisotopic (exact) mass is 307 g/mol. The van der Waals surface area contributed by atoms with Gasteiger partial charge in [-0.15, -0.1) is 0 Å². The highest BCUT2D eigenvalue weighted by molar-refractivity contribution is 5.86. The minimum absolute atomic E-state index is 0.143. The average molecular weight is 307 g/mol. The lowest BCUT2D eigenvalue weighted by molar-refractivity contribution is 0.416. The highest BCUT2D eigenvalue weighted by Gasteiger charge is 2.30. The summed E-state index contributed by atoms with van der Waals surface area (Å²) in [6, 6.07) is 10.5. The summed E-state index contributed by atoms with van der Waals surface area (Å²) in [5, 5.41) is 3.49. The predicted octanol–water partition coefficient (Wildman–Crippen LogP) is 4.25. The molecule has 0 bridgehead atoms. The van der Waals surface area contributed by atoms with Gasteiger partial charge in [-0.25, -0.2) is 4.98 Å². The Balaban J connectivity index is 1.88. The second-order valence-corrected chi connectivity index (χ2v) is 6.94. The van der Waals surface area contributed by atoms with Crippen molar-refractivity contribution in [1.82, 2.24) is 9.97 Å². The lowest BCUT2D eigenvalue weighted by Crippen LogP contribution is -2.18. The van der Waals surface area contributed by atoms with Gasteiger partial charge in [-0.1, -0.05) is 19.9 Å². The molecule has 2 aromatic carbocycles. The number of aromatic nitrogens is 2. The van der Waals surface area contributed by atoms with Gasteiger partial charge >= 0.3 is 0 Å². The Morgan fingerprint density at radius 3 is 2.78 bits per heavy atom. The molecule has 23 heavy (non-hydrogen) atoms. The summed E-state index contributed by atoms with van der Waals surface area (Å²) in [7, 11) is 1.70. The van der Waals surface area contributed by atoms with Gasteiger partial charge in [-0.3, -0.25) is 0 Å². The Morgan fingerprint density at radius 1 is 1.17 bits per heavy atom. The van der Waals surface area contributed by atoms with Gasteiger partial charge in [0.2, 0.25) is 0 Å². The Kier molecular flexibility index (Phi) is 2.92. The maximum atomic E-state index is 5.52. The van der Waals surface area contributed by atoms with Crippen molar-refractivity contribution in [3.63, 3.8) is 0 Å². The van der Waals surface area contributed by atoms with Gasteiger partial charge in [0.15, 0.2) is 0 Å². The average Bonchev–Trinajstić information content (AvgIpc) is 3.06. The third-order valence-electron chi connectivity index (χ3n) is 4.68. The summed E-state index contributed by atoms with van der Waals surface area (Å²) in [6.45, 7) is 7.54. The maximum Gasteiger partial charge on any atom is 0.142 e. The van der Waals surface area contributed by atoms with Crippen LogP contribution >= 0.6 is 0 Å². The van der Waals surface area contributed by atoms with Gasteiger partial charge < -0.3 is 15.0 Å². The second kappa shape index (κ2) is 4.75. The van der Waals surface area contributed by atoms with E-state index in [1.807, 2.05) is 6.07 Å². The van der Waals surface area contributed by atoms with E-state index in [0.29, 0.717) is 0 Å². The highest BCUT2D eigenvalue weighted by atomic mass is 16.5. The Morgan fingerprint density at radius 2 is 2.00 bits per heavy atom. The molecule has 0 spiro atoms. The van der Waals surface area contributed by atoms with Crippen molar-refractivity contribution in [2.45, 2.75) is 26.2 Å². The number of nitrogens with one attached hydrogen (secondary N) is 2. The minimum atomic E-state index is 0.143. The summed E-state index contributed by atoms with van der Waals surface area (Å²) in [5.41, 5.74) is 6.88. The molecule has 1 aromatic heterocycles. The lowest BCUT2D eigenvalue weighted by atomic mass is 9.87. The molecule has 0 saturated heterocycles. The number of rotatable bonds is 2. The first-order valence-electron chi connectivity index (χ1n) is 7.91. The van der Waals surface area contributed by atoms with Crippen LogP contribution in [0, 0.1) is 6.92 Å². The highest BCUT2D eigenvalue weighted by Crippen LogP contribution is 2.39. The number of H-pyrrole nitrogens is 1. The van der Waals surface area contributed by atoms with Crippen molar-refractivity contribution >= 4 is 16.7 Å². The number of hydrogen-bond donors (Lipinski definition) is 2. The number of anilines is 1. The molecule has 118 valence electrons. The quantitative estimate of drug-likeness (QED) is 0.744. The number of ether oxygens (including phenoxy) is 1. The van der Waals surface area contributed by atoms with Crippen LogP contribution in [0.1, 0.15) is 25.0 Å². The zero-order chi connectivity index (χ0) is 16.2. The fourth-order valence-corrected chi connectivity index (χ4v) is 3.30. The van der Waals surface area contributed by atoms with E-state index in [-0.39, 0.29) is 5.41 Å². The fourth-order valence-electron chi connectivity index (χ4n) is 3.30. The molecule has 4 rings (SSSR count). The normalized spacial score (nSPS) is 15.5. The zero-order valence-electron chi connectivity index (χ0n) is 13.9. The minimum Gasteiger partial charge on any atom is -0.496 e. The molecule has 4 nitrogen and oxygen atoms in total. The Labute approximate surface area is 135 Å². The molecule has 0 saturated carbocycles. The van der Waals surface area contributed by atoms with E-state index >= 15 is 0 Å². The van der Waals surface area contributed by atoms with Crippen molar-refractivity contribution in [2.75, 3.05) is 19.0 Å². The summed E-state index contributed by atoms with van der Waals surface area (Å²) >= 11 is 0. The zero-order valence-corrected chi connectivity index (χ0v) is 13.9. The molecule has 0 fully saturated rings. The molecular weight excluding hydrogens is 286 g/mol. The molecule has 3 aromatic rings. The third-order valence-corrected chi connectivity index (χ3v) is 4.68. The van der Waals surface area contributed by atoms with E-state index in [4.69, 9.17) is 9.72 Å². The molecule has 4 heteroatoms. The van der Waals surface area contributed by atoms with E-state index in [2.05, 4.69) is 55.3 Å². The van der Waals surface area contributed by atoms with Crippen LogP contribution in [0.25, 0.3) is 22.4 Å². The van der Waals surface area contributed by atoms with E-state index < -0.39 is 0 Å². The molecule has 0 unspecified atom stereocenters. The Hall–Kier alpha value is -2.49. The van der Waals surface area contributed by atoms with Crippen LogP contribution in [0.2, 0.25) is 0 Å². The van der Waals surface area contributed by atoms with Gasteiger partial charge in [-0.2, -0.15) is 0 Å². The van der Waals surface area contributed by atoms with Gasteiger partial charge in [-0.05, 0) is 42.3 Å². The molecule has 0 amide bonds. The molecule has 0 radical (unpaired) electrons. The van der Waals surface area contributed by atoms with Crippen LogP contribution in [0.3, 0.4) is 0 Å². The number of nitrogens with zero attached hydrogens (tertiary/aromatic N) is 1.